The van der Waals surface area contributed by atoms with Crippen molar-refractivity contribution in [2.75, 3.05) is 19.0 Å². The minimum Gasteiger partial charge on any atom is -0.381 e. The van der Waals surface area contributed by atoms with Crippen molar-refractivity contribution in [1.29, 1.82) is 0 Å². The lowest BCUT2D eigenvalue weighted by Gasteiger charge is -2.20. The molecule has 0 aliphatic carbocycles. The molecule has 0 N–H and O–H groups in total. The van der Waals surface area contributed by atoms with Crippen molar-refractivity contribution < 1.29 is 13.2 Å². The van der Waals surface area contributed by atoms with Gasteiger partial charge >= 0.3 is 0 Å². The molecular weight excluding hydrogens is 188 g/mol. The molecule has 1 heterocycles. The third kappa shape index (κ3) is 3.94. The number of halogens is 1. The second-order valence-electron chi connectivity index (χ2n) is 2.79. The Hall–Kier alpha value is 0.200. The van der Waals surface area contributed by atoms with Crippen LogP contribution < -0.4 is 0 Å². The molecule has 1 aliphatic rings. The summed E-state index contributed by atoms with van der Waals surface area (Å²) in [6.07, 6.45) is 1.85. The highest BCUT2D eigenvalue weighted by Crippen LogP contribution is 2.16. The second kappa shape index (κ2) is 3.74. The van der Waals surface area contributed by atoms with E-state index in [4.69, 9.17) is 15.4 Å². The SMILES string of the molecule is O=S(=O)(Cl)C[C@@H]1CCCOC1. The van der Waals surface area contributed by atoms with Crippen LogP contribution in [0.4, 0.5) is 0 Å². The molecule has 0 saturated carbocycles. The van der Waals surface area contributed by atoms with E-state index in [-0.39, 0.29) is 11.7 Å². The monoisotopic (exact) mass is 198 g/mol. The van der Waals surface area contributed by atoms with Gasteiger partial charge in [-0.25, -0.2) is 8.42 Å². The molecule has 1 saturated heterocycles. The van der Waals surface area contributed by atoms with Gasteiger partial charge in [-0.2, -0.15) is 0 Å². The zero-order valence-corrected chi connectivity index (χ0v) is 7.70. The van der Waals surface area contributed by atoms with Crippen molar-refractivity contribution in [2.24, 2.45) is 5.92 Å². The van der Waals surface area contributed by atoms with E-state index in [0.29, 0.717) is 6.61 Å². The molecule has 1 aliphatic heterocycles. The maximum atomic E-state index is 10.6. The van der Waals surface area contributed by atoms with Gasteiger partial charge in [-0.3, -0.25) is 0 Å². The topological polar surface area (TPSA) is 43.4 Å². The van der Waals surface area contributed by atoms with Crippen LogP contribution in [0.2, 0.25) is 0 Å². The van der Waals surface area contributed by atoms with Gasteiger partial charge in [0.1, 0.15) is 0 Å². The largest absolute Gasteiger partial charge is 0.381 e. The normalized spacial score (nSPS) is 26.8. The van der Waals surface area contributed by atoms with Crippen molar-refractivity contribution in [2.45, 2.75) is 12.8 Å². The van der Waals surface area contributed by atoms with E-state index >= 15 is 0 Å². The predicted octanol–water partition coefficient (Wildman–Crippen LogP) is 0.982. The Morgan fingerprint density at radius 2 is 2.27 bits per heavy atom. The zero-order chi connectivity index (χ0) is 8.32. The van der Waals surface area contributed by atoms with Crippen molar-refractivity contribution in [3.8, 4) is 0 Å². The molecular formula is C6H11ClO3S. The van der Waals surface area contributed by atoms with Crippen LogP contribution in [0.5, 0.6) is 0 Å². The van der Waals surface area contributed by atoms with E-state index in [0.717, 1.165) is 19.4 Å². The minimum atomic E-state index is -3.33. The fourth-order valence-electron chi connectivity index (χ4n) is 1.22. The van der Waals surface area contributed by atoms with Crippen molar-refractivity contribution in [3.63, 3.8) is 0 Å². The van der Waals surface area contributed by atoms with E-state index in [1.54, 1.807) is 0 Å². The first kappa shape index (κ1) is 9.29. The molecule has 11 heavy (non-hydrogen) atoms. The summed E-state index contributed by atoms with van der Waals surface area (Å²) in [6, 6.07) is 0. The van der Waals surface area contributed by atoms with Gasteiger partial charge in [-0.15, -0.1) is 0 Å². The zero-order valence-electron chi connectivity index (χ0n) is 6.12. The summed E-state index contributed by atoms with van der Waals surface area (Å²) in [7, 11) is 1.75. The number of ether oxygens (including phenoxy) is 1. The van der Waals surface area contributed by atoms with Crippen LogP contribution in [0.1, 0.15) is 12.8 Å². The van der Waals surface area contributed by atoms with Crippen LogP contribution in [-0.4, -0.2) is 27.4 Å². The molecule has 66 valence electrons. The average molecular weight is 199 g/mol. The number of rotatable bonds is 2. The number of hydrogen-bond donors (Lipinski definition) is 0. The first-order chi connectivity index (χ1) is 5.08. The molecule has 0 spiro atoms. The molecule has 0 amide bonds. The maximum Gasteiger partial charge on any atom is 0.232 e. The molecule has 0 aromatic heterocycles. The summed E-state index contributed by atoms with van der Waals surface area (Å²) >= 11 is 0. The van der Waals surface area contributed by atoms with Crippen LogP contribution in [-0.2, 0) is 13.8 Å². The predicted molar refractivity (Wildman–Crippen MR) is 43.2 cm³/mol. The third-order valence-corrected chi connectivity index (χ3v) is 2.94. The van der Waals surface area contributed by atoms with Gasteiger partial charge in [-0.1, -0.05) is 0 Å². The first-order valence-electron chi connectivity index (χ1n) is 3.58. The highest BCUT2D eigenvalue weighted by Gasteiger charge is 2.19. The summed E-state index contributed by atoms with van der Waals surface area (Å²) in [6.45, 7) is 1.28. The van der Waals surface area contributed by atoms with Gasteiger partial charge in [0.15, 0.2) is 0 Å². The summed E-state index contributed by atoms with van der Waals surface area (Å²) in [4.78, 5) is 0. The van der Waals surface area contributed by atoms with Gasteiger partial charge in [0.2, 0.25) is 9.05 Å². The lowest BCUT2D eigenvalue weighted by molar-refractivity contribution is 0.0627. The summed E-state index contributed by atoms with van der Waals surface area (Å²) in [5.74, 6) is 0.153. The average Bonchev–Trinajstić information content (AvgIpc) is 1.85. The van der Waals surface area contributed by atoms with E-state index in [2.05, 4.69) is 0 Å². The Morgan fingerprint density at radius 3 is 2.73 bits per heavy atom. The van der Waals surface area contributed by atoms with Gasteiger partial charge in [0.25, 0.3) is 0 Å². The van der Waals surface area contributed by atoms with Crippen LogP contribution in [0, 0.1) is 5.92 Å². The number of hydrogen-bond acceptors (Lipinski definition) is 3. The molecule has 3 nitrogen and oxygen atoms in total. The lowest BCUT2D eigenvalue weighted by atomic mass is 10.1. The van der Waals surface area contributed by atoms with Crippen LogP contribution in [0.15, 0.2) is 0 Å². The smallest absolute Gasteiger partial charge is 0.232 e. The van der Waals surface area contributed by atoms with E-state index in [9.17, 15) is 8.42 Å². The van der Waals surface area contributed by atoms with Gasteiger partial charge in [-0.05, 0) is 18.8 Å². The quantitative estimate of drug-likeness (QED) is 0.622. The van der Waals surface area contributed by atoms with Gasteiger partial charge in [0.05, 0.1) is 12.4 Å². The van der Waals surface area contributed by atoms with Gasteiger partial charge < -0.3 is 4.74 Å². The lowest BCUT2D eigenvalue weighted by Crippen LogP contribution is -2.22. The van der Waals surface area contributed by atoms with Crippen molar-refractivity contribution in [1.82, 2.24) is 0 Å². The Labute approximate surface area is 71.1 Å². The fourth-order valence-corrected chi connectivity index (χ4v) is 2.58. The molecule has 1 rings (SSSR count). The van der Waals surface area contributed by atoms with E-state index in [1.807, 2.05) is 0 Å². The summed E-state index contributed by atoms with van der Waals surface area (Å²) in [5, 5.41) is 0. The molecule has 5 heteroatoms. The first-order valence-corrected chi connectivity index (χ1v) is 6.06. The molecule has 1 fully saturated rings. The highest BCUT2D eigenvalue weighted by atomic mass is 35.7. The highest BCUT2D eigenvalue weighted by molar-refractivity contribution is 8.13. The summed E-state index contributed by atoms with van der Waals surface area (Å²) in [5.41, 5.74) is 0. The minimum absolute atomic E-state index is 0.0502. The summed E-state index contributed by atoms with van der Waals surface area (Å²) < 4.78 is 26.3. The Balaban J connectivity index is 2.36. The molecule has 0 radical (unpaired) electrons. The van der Waals surface area contributed by atoms with E-state index in [1.165, 1.54) is 0 Å². The van der Waals surface area contributed by atoms with Crippen molar-refractivity contribution >= 4 is 19.7 Å². The Bertz CT molecular complexity index is 206. The van der Waals surface area contributed by atoms with E-state index < -0.39 is 9.05 Å². The van der Waals surface area contributed by atoms with Crippen LogP contribution in [0.3, 0.4) is 0 Å². The van der Waals surface area contributed by atoms with Crippen LogP contribution in [0.25, 0.3) is 0 Å². The van der Waals surface area contributed by atoms with Gasteiger partial charge in [0, 0.05) is 17.3 Å². The van der Waals surface area contributed by atoms with Crippen LogP contribution >= 0.6 is 10.7 Å². The standard InChI is InChI=1S/C6H11ClO3S/c7-11(8,9)5-6-2-1-3-10-4-6/h6H,1-5H2/t6-/m1/s1. The second-order valence-corrected chi connectivity index (χ2v) is 5.61. The Kier molecular flexibility index (Phi) is 3.16. The van der Waals surface area contributed by atoms with Crippen molar-refractivity contribution in [3.05, 3.63) is 0 Å². The molecule has 0 aromatic rings. The fraction of sp³-hybridized carbons (Fsp3) is 1.00. The molecule has 1 atom stereocenters. The maximum absolute atomic E-state index is 10.6. The molecule has 0 aromatic carbocycles. The third-order valence-electron chi connectivity index (χ3n) is 1.69. The molecule has 0 unspecified atom stereocenters. The Morgan fingerprint density at radius 1 is 1.55 bits per heavy atom. The molecule has 0 bridgehead atoms.